The number of rotatable bonds is 3. The van der Waals surface area contributed by atoms with Crippen LogP contribution in [0.4, 0.5) is 11.4 Å². The lowest BCUT2D eigenvalue weighted by Crippen LogP contribution is -2.40. The minimum atomic E-state index is -0.334. The van der Waals surface area contributed by atoms with Crippen LogP contribution in [0.15, 0.2) is 60.7 Å². The fourth-order valence-electron chi connectivity index (χ4n) is 3.55. The van der Waals surface area contributed by atoms with Gasteiger partial charge in [0.1, 0.15) is 0 Å². The summed E-state index contributed by atoms with van der Waals surface area (Å²) < 4.78 is 0. The molecule has 3 aromatic rings. The van der Waals surface area contributed by atoms with Crippen molar-refractivity contribution < 1.29 is 14.4 Å². The van der Waals surface area contributed by atoms with Gasteiger partial charge in [0.2, 0.25) is 5.91 Å². The van der Waals surface area contributed by atoms with Gasteiger partial charge in [0, 0.05) is 28.1 Å². The molecule has 1 fully saturated rings. The van der Waals surface area contributed by atoms with Crippen molar-refractivity contribution >= 4 is 39.9 Å². The van der Waals surface area contributed by atoms with Gasteiger partial charge < -0.3 is 5.32 Å². The predicted octanol–water partition coefficient (Wildman–Crippen LogP) is 3.99. The topological polar surface area (TPSA) is 66.5 Å². The third-order valence-corrected chi connectivity index (χ3v) is 5.11. The lowest BCUT2D eigenvalue weighted by molar-refractivity contribution is -0.117. The molecule has 0 bridgehead atoms. The van der Waals surface area contributed by atoms with Crippen molar-refractivity contribution in [3.63, 3.8) is 0 Å². The zero-order valence-corrected chi connectivity index (χ0v) is 14.4. The molecule has 1 N–H and O–H groups in total. The molecule has 1 aliphatic carbocycles. The predicted molar refractivity (Wildman–Crippen MR) is 103 cm³/mol. The molecule has 0 atom stereocenters. The van der Waals surface area contributed by atoms with Gasteiger partial charge in [-0.15, -0.1) is 0 Å². The molecule has 0 aromatic heterocycles. The monoisotopic (exact) mass is 356 g/mol. The maximum Gasteiger partial charge on any atom is 0.265 e. The maximum absolute atomic E-state index is 13.0. The molecule has 1 aliphatic heterocycles. The smallest absolute Gasteiger partial charge is 0.265 e. The van der Waals surface area contributed by atoms with Crippen LogP contribution in [0.1, 0.15) is 33.6 Å². The zero-order valence-electron chi connectivity index (χ0n) is 14.4. The number of anilines is 2. The fourth-order valence-corrected chi connectivity index (χ4v) is 3.55. The van der Waals surface area contributed by atoms with Crippen LogP contribution < -0.4 is 10.2 Å². The van der Waals surface area contributed by atoms with E-state index in [0.29, 0.717) is 27.9 Å². The Kier molecular flexibility index (Phi) is 3.37. The summed E-state index contributed by atoms with van der Waals surface area (Å²) in [6.07, 6.45) is 1.87. The molecule has 132 valence electrons. The van der Waals surface area contributed by atoms with E-state index in [1.807, 2.05) is 24.3 Å². The summed E-state index contributed by atoms with van der Waals surface area (Å²) in [7, 11) is 0. The van der Waals surface area contributed by atoms with Crippen LogP contribution in [-0.2, 0) is 4.79 Å². The summed E-state index contributed by atoms with van der Waals surface area (Å²) in [6, 6.07) is 17.8. The van der Waals surface area contributed by atoms with Gasteiger partial charge in [0.05, 0.1) is 5.69 Å². The normalized spacial score (nSPS) is 15.9. The number of nitrogens with one attached hydrogen (secondary N) is 1. The van der Waals surface area contributed by atoms with Crippen LogP contribution in [0.5, 0.6) is 0 Å². The van der Waals surface area contributed by atoms with Crippen LogP contribution >= 0.6 is 0 Å². The van der Waals surface area contributed by atoms with E-state index >= 15 is 0 Å². The second-order valence-corrected chi connectivity index (χ2v) is 6.97. The Morgan fingerprint density at radius 2 is 1.44 bits per heavy atom. The molecule has 0 saturated heterocycles. The van der Waals surface area contributed by atoms with Crippen molar-refractivity contribution in [1.29, 1.82) is 0 Å². The molecule has 27 heavy (non-hydrogen) atoms. The highest BCUT2D eigenvalue weighted by atomic mass is 16.2. The highest BCUT2D eigenvalue weighted by Crippen LogP contribution is 2.34. The van der Waals surface area contributed by atoms with Gasteiger partial charge in [-0.3, -0.25) is 14.4 Å². The van der Waals surface area contributed by atoms with E-state index < -0.39 is 0 Å². The Hall–Kier alpha value is -3.47. The first-order valence-electron chi connectivity index (χ1n) is 8.95. The fraction of sp³-hybridized carbons (Fsp3) is 0.136. The summed E-state index contributed by atoms with van der Waals surface area (Å²) in [5.41, 5.74) is 2.19. The highest BCUT2D eigenvalue weighted by molar-refractivity contribution is 6.35. The molecule has 3 aromatic carbocycles. The standard InChI is InChI=1S/C22H16N2O3/c25-20(14-7-8-14)23-15-9-11-16(12-10-15)24-21(26)17-5-1-3-13-4-2-6-18(19(13)17)22(24)27/h1-6,9-12,14H,7-8H2,(H,23,25). The first kappa shape index (κ1) is 15.8. The van der Waals surface area contributed by atoms with Crippen molar-refractivity contribution in [2.24, 2.45) is 5.92 Å². The SMILES string of the molecule is O=C(Nc1ccc(N2C(=O)c3cccc4cccc(c34)C2=O)cc1)C1CC1. The molecular formula is C22H16N2O3. The number of amides is 3. The number of benzene rings is 3. The summed E-state index contributed by atoms with van der Waals surface area (Å²) in [4.78, 5) is 39.1. The Morgan fingerprint density at radius 1 is 0.852 bits per heavy atom. The van der Waals surface area contributed by atoms with E-state index in [9.17, 15) is 14.4 Å². The summed E-state index contributed by atoms with van der Waals surface area (Å²) in [5.74, 6) is -0.529. The van der Waals surface area contributed by atoms with Crippen molar-refractivity contribution in [2.45, 2.75) is 12.8 Å². The van der Waals surface area contributed by atoms with Crippen LogP contribution in [0.3, 0.4) is 0 Å². The van der Waals surface area contributed by atoms with Crippen LogP contribution in [0.25, 0.3) is 10.8 Å². The summed E-state index contributed by atoms with van der Waals surface area (Å²) in [5, 5.41) is 4.45. The van der Waals surface area contributed by atoms with E-state index in [-0.39, 0.29) is 23.6 Å². The van der Waals surface area contributed by atoms with Crippen LogP contribution in [-0.4, -0.2) is 17.7 Å². The van der Waals surface area contributed by atoms with E-state index in [1.165, 1.54) is 4.90 Å². The second-order valence-electron chi connectivity index (χ2n) is 6.97. The lowest BCUT2D eigenvalue weighted by atomic mass is 9.94. The molecular weight excluding hydrogens is 340 g/mol. The minimum absolute atomic E-state index is 0.0217. The Morgan fingerprint density at radius 3 is 2.00 bits per heavy atom. The van der Waals surface area contributed by atoms with Crippen LogP contribution in [0.2, 0.25) is 0 Å². The van der Waals surface area contributed by atoms with E-state index in [1.54, 1.807) is 36.4 Å². The lowest BCUT2D eigenvalue weighted by Gasteiger charge is -2.27. The van der Waals surface area contributed by atoms with Gasteiger partial charge in [0.15, 0.2) is 0 Å². The molecule has 1 heterocycles. The van der Waals surface area contributed by atoms with E-state index in [2.05, 4.69) is 5.32 Å². The second kappa shape index (κ2) is 5.77. The molecule has 5 nitrogen and oxygen atoms in total. The van der Waals surface area contributed by atoms with Gasteiger partial charge in [-0.05, 0) is 54.6 Å². The molecule has 0 radical (unpaired) electrons. The van der Waals surface area contributed by atoms with Gasteiger partial charge in [-0.25, -0.2) is 4.90 Å². The van der Waals surface area contributed by atoms with Gasteiger partial charge in [-0.2, -0.15) is 0 Å². The third kappa shape index (κ3) is 2.51. The molecule has 1 saturated carbocycles. The molecule has 2 aliphatic rings. The number of hydrogen-bond donors (Lipinski definition) is 1. The van der Waals surface area contributed by atoms with E-state index in [0.717, 1.165) is 18.2 Å². The average molecular weight is 356 g/mol. The van der Waals surface area contributed by atoms with Crippen molar-refractivity contribution in [3.8, 4) is 0 Å². The maximum atomic E-state index is 13.0. The Bertz CT molecular complexity index is 1060. The Balaban J connectivity index is 1.51. The van der Waals surface area contributed by atoms with E-state index in [4.69, 9.17) is 0 Å². The largest absolute Gasteiger partial charge is 0.326 e. The average Bonchev–Trinajstić information content (AvgIpc) is 3.53. The van der Waals surface area contributed by atoms with Crippen molar-refractivity contribution in [2.75, 3.05) is 10.2 Å². The van der Waals surface area contributed by atoms with Gasteiger partial charge >= 0.3 is 0 Å². The molecule has 5 heteroatoms. The van der Waals surface area contributed by atoms with Crippen LogP contribution in [0, 0.1) is 5.92 Å². The number of carbonyl (C=O) groups excluding carboxylic acids is 3. The number of imide groups is 1. The molecule has 0 spiro atoms. The quantitative estimate of drug-likeness (QED) is 0.722. The zero-order chi connectivity index (χ0) is 18.5. The summed E-state index contributed by atoms with van der Waals surface area (Å²) >= 11 is 0. The first-order chi connectivity index (χ1) is 13.1. The van der Waals surface area contributed by atoms with Crippen molar-refractivity contribution in [1.82, 2.24) is 0 Å². The highest BCUT2D eigenvalue weighted by Gasteiger charge is 2.34. The van der Waals surface area contributed by atoms with Gasteiger partial charge in [-0.1, -0.05) is 24.3 Å². The minimum Gasteiger partial charge on any atom is -0.326 e. The molecule has 3 amide bonds. The Labute approximate surface area is 155 Å². The third-order valence-electron chi connectivity index (χ3n) is 5.11. The molecule has 0 unspecified atom stereocenters. The number of nitrogens with zero attached hydrogens (tertiary/aromatic N) is 1. The summed E-state index contributed by atoms with van der Waals surface area (Å²) in [6.45, 7) is 0. The first-order valence-corrected chi connectivity index (χ1v) is 8.95. The number of hydrogen-bond acceptors (Lipinski definition) is 3. The van der Waals surface area contributed by atoms with Gasteiger partial charge in [0.25, 0.3) is 11.8 Å². The van der Waals surface area contributed by atoms with Crippen molar-refractivity contribution in [3.05, 3.63) is 71.8 Å². The number of carbonyl (C=O) groups is 3. The molecule has 5 rings (SSSR count).